The summed E-state index contributed by atoms with van der Waals surface area (Å²) in [5.74, 6) is -1.70. The first-order chi connectivity index (χ1) is 12.2. The van der Waals surface area contributed by atoms with Crippen molar-refractivity contribution in [3.63, 3.8) is 0 Å². The Balaban J connectivity index is 2.11. The SMILES string of the molecule is CC(OC1CCCCCC1)C(=O)Nc1cc(C(=O)O)cc(S(C)(=O)=O)c1. The summed E-state index contributed by atoms with van der Waals surface area (Å²) in [5.41, 5.74) is -0.0906. The number of sulfone groups is 1. The Kier molecular flexibility index (Phi) is 6.77. The molecule has 2 rings (SSSR count). The van der Waals surface area contributed by atoms with Crippen LogP contribution in [-0.2, 0) is 19.4 Å². The molecule has 144 valence electrons. The van der Waals surface area contributed by atoms with Gasteiger partial charge in [0.15, 0.2) is 9.84 Å². The number of nitrogens with one attached hydrogen (secondary N) is 1. The van der Waals surface area contributed by atoms with Gasteiger partial charge in [-0.05, 0) is 38.0 Å². The van der Waals surface area contributed by atoms with Gasteiger partial charge in [0.2, 0.25) is 0 Å². The summed E-state index contributed by atoms with van der Waals surface area (Å²) >= 11 is 0. The Hall–Kier alpha value is -1.93. The van der Waals surface area contributed by atoms with Gasteiger partial charge in [-0.25, -0.2) is 13.2 Å². The van der Waals surface area contributed by atoms with Crippen molar-refractivity contribution >= 4 is 27.4 Å². The third kappa shape index (κ3) is 5.81. The molecule has 1 amide bonds. The van der Waals surface area contributed by atoms with Gasteiger partial charge in [0.1, 0.15) is 6.10 Å². The molecule has 1 atom stereocenters. The summed E-state index contributed by atoms with van der Waals surface area (Å²) in [6, 6.07) is 3.55. The van der Waals surface area contributed by atoms with Crippen molar-refractivity contribution in [3.05, 3.63) is 23.8 Å². The van der Waals surface area contributed by atoms with Crippen molar-refractivity contribution in [2.75, 3.05) is 11.6 Å². The molecule has 0 bridgehead atoms. The quantitative estimate of drug-likeness (QED) is 0.731. The van der Waals surface area contributed by atoms with E-state index in [0.29, 0.717) is 0 Å². The molecule has 1 fully saturated rings. The fraction of sp³-hybridized carbons (Fsp3) is 0.556. The van der Waals surface area contributed by atoms with E-state index < -0.39 is 27.8 Å². The lowest BCUT2D eigenvalue weighted by Crippen LogP contribution is -2.31. The Bertz CT molecular complexity index is 766. The topological polar surface area (TPSA) is 110 Å². The molecule has 0 heterocycles. The summed E-state index contributed by atoms with van der Waals surface area (Å²) in [4.78, 5) is 23.4. The second-order valence-corrected chi connectivity index (χ2v) is 8.72. The van der Waals surface area contributed by atoms with E-state index in [9.17, 15) is 18.0 Å². The number of carboxylic acids is 1. The zero-order valence-corrected chi connectivity index (χ0v) is 15.8. The number of hydrogen-bond acceptors (Lipinski definition) is 5. The summed E-state index contributed by atoms with van der Waals surface area (Å²) < 4.78 is 29.3. The molecule has 1 aliphatic rings. The predicted molar refractivity (Wildman–Crippen MR) is 97.2 cm³/mol. The van der Waals surface area contributed by atoms with Crippen LogP contribution in [0.2, 0.25) is 0 Å². The van der Waals surface area contributed by atoms with Crippen LogP contribution in [-0.4, -0.2) is 43.9 Å². The molecule has 8 heteroatoms. The number of amides is 1. The van der Waals surface area contributed by atoms with Gasteiger partial charge in [0, 0.05) is 11.9 Å². The molecule has 1 saturated carbocycles. The molecule has 0 spiro atoms. The number of ether oxygens (including phenoxy) is 1. The van der Waals surface area contributed by atoms with Crippen LogP contribution in [0.4, 0.5) is 5.69 Å². The average Bonchev–Trinajstić information content (AvgIpc) is 2.82. The second kappa shape index (κ2) is 8.64. The van der Waals surface area contributed by atoms with E-state index in [4.69, 9.17) is 9.84 Å². The van der Waals surface area contributed by atoms with E-state index in [1.807, 2.05) is 0 Å². The van der Waals surface area contributed by atoms with Crippen LogP contribution in [0.25, 0.3) is 0 Å². The first-order valence-corrected chi connectivity index (χ1v) is 10.6. The number of rotatable bonds is 6. The van der Waals surface area contributed by atoms with Gasteiger partial charge in [0.05, 0.1) is 16.6 Å². The minimum Gasteiger partial charge on any atom is -0.478 e. The number of carboxylic acid groups (broad SMARTS) is 1. The number of hydrogen-bond donors (Lipinski definition) is 2. The van der Waals surface area contributed by atoms with Crippen LogP contribution in [0.15, 0.2) is 23.1 Å². The molecule has 0 radical (unpaired) electrons. The second-order valence-electron chi connectivity index (χ2n) is 6.70. The van der Waals surface area contributed by atoms with E-state index in [1.165, 1.54) is 25.0 Å². The van der Waals surface area contributed by atoms with Gasteiger partial charge in [0.25, 0.3) is 5.91 Å². The van der Waals surface area contributed by atoms with Crippen LogP contribution in [0.1, 0.15) is 55.8 Å². The molecule has 1 aromatic carbocycles. The molecule has 1 aromatic rings. The monoisotopic (exact) mass is 383 g/mol. The van der Waals surface area contributed by atoms with Gasteiger partial charge < -0.3 is 15.2 Å². The Labute approximate surface area is 153 Å². The standard InChI is InChI=1S/C18H25NO6S/c1-12(25-15-7-5-3-4-6-8-15)17(20)19-14-9-13(18(21)22)10-16(11-14)26(2,23)24/h9-12,15H,3-8H2,1-2H3,(H,19,20)(H,21,22). The predicted octanol–water partition coefficient (Wildman–Crippen LogP) is 2.85. The van der Waals surface area contributed by atoms with Crippen LogP contribution < -0.4 is 5.32 Å². The summed E-state index contributed by atoms with van der Waals surface area (Å²) in [6.45, 7) is 1.64. The molecule has 0 aliphatic heterocycles. The van der Waals surface area contributed by atoms with Crippen LogP contribution in [0.3, 0.4) is 0 Å². The van der Waals surface area contributed by atoms with E-state index in [-0.39, 0.29) is 22.3 Å². The summed E-state index contributed by atoms with van der Waals surface area (Å²) in [5, 5.41) is 11.7. The largest absolute Gasteiger partial charge is 0.478 e. The molecule has 1 unspecified atom stereocenters. The highest BCUT2D eigenvalue weighted by molar-refractivity contribution is 7.90. The summed E-state index contributed by atoms with van der Waals surface area (Å²) in [7, 11) is -3.61. The zero-order valence-electron chi connectivity index (χ0n) is 15.0. The highest BCUT2D eigenvalue weighted by atomic mass is 32.2. The highest BCUT2D eigenvalue weighted by Gasteiger charge is 2.22. The smallest absolute Gasteiger partial charge is 0.335 e. The minimum absolute atomic E-state index is 0.0372. The lowest BCUT2D eigenvalue weighted by molar-refractivity contribution is -0.130. The van der Waals surface area contributed by atoms with Crippen LogP contribution in [0, 0.1) is 0 Å². The number of aromatic carboxylic acids is 1. The number of carbonyl (C=O) groups is 2. The third-order valence-electron chi connectivity index (χ3n) is 4.42. The molecule has 26 heavy (non-hydrogen) atoms. The lowest BCUT2D eigenvalue weighted by Gasteiger charge is -2.21. The molecule has 0 saturated heterocycles. The van der Waals surface area contributed by atoms with Gasteiger partial charge in [-0.3, -0.25) is 4.79 Å². The van der Waals surface area contributed by atoms with Gasteiger partial charge >= 0.3 is 5.97 Å². The fourth-order valence-corrected chi connectivity index (χ4v) is 3.66. The molecular weight excluding hydrogens is 358 g/mol. The van der Waals surface area contributed by atoms with Crippen molar-refractivity contribution in [1.82, 2.24) is 0 Å². The Morgan fingerprint density at radius 2 is 1.77 bits per heavy atom. The van der Waals surface area contributed by atoms with E-state index in [1.54, 1.807) is 6.92 Å². The molecule has 0 aromatic heterocycles. The maximum absolute atomic E-state index is 12.4. The fourth-order valence-electron chi connectivity index (χ4n) is 2.98. The van der Waals surface area contributed by atoms with Crippen LogP contribution in [0.5, 0.6) is 0 Å². The Morgan fingerprint density at radius 1 is 1.15 bits per heavy atom. The number of benzene rings is 1. The van der Waals surface area contributed by atoms with Gasteiger partial charge in [-0.2, -0.15) is 0 Å². The van der Waals surface area contributed by atoms with Crippen LogP contribution >= 0.6 is 0 Å². The van der Waals surface area contributed by atoms with Crippen molar-refractivity contribution in [3.8, 4) is 0 Å². The lowest BCUT2D eigenvalue weighted by atomic mass is 10.1. The Morgan fingerprint density at radius 3 is 2.31 bits per heavy atom. The maximum atomic E-state index is 12.4. The third-order valence-corrected chi connectivity index (χ3v) is 5.51. The zero-order chi connectivity index (χ0) is 19.3. The molecular formula is C18H25NO6S. The molecule has 1 aliphatic carbocycles. The normalized spacial score (nSPS) is 17.3. The maximum Gasteiger partial charge on any atom is 0.335 e. The molecule has 7 nitrogen and oxygen atoms in total. The van der Waals surface area contributed by atoms with Crippen molar-refractivity contribution in [2.24, 2.45) is 0 Å². The number of anilines is 1. The van der Waals surface area contributed by atoms with Gasteiger partial charge in [-0.1, -0.05) is 25.7 Å². The van der Waals surface area contributed by atoms with Crippen molar-refractivity contribution in [2.45, 2.75) is 62.6 Å². The molecule has 2 N–H and O–H groups in total. The first kappa shape index (κ1) is 20.4. The van der Waals surface area contributed by atoms with E-state index >= 15 is 0 Å². The number of carbonyl (C=O) groups excluding carboxylic acids is 1. The first-order valence-electron chi connectivity index (χ1n) is 8.71. The van der Waals surface area contributed by atoms with Crippen molar-refractivity contribution in [1.29, 1.82) is 0 Å². The summed E-state index contributed by atoms with van der Waals surface area (Å²) in [6.07, 6.45) is 6.66. The van der Waals surface area contributed by atoms with E-state index in [2.05, 4.69) is 5.32 Å². The average molecular weight is 383 g/mol. The van der Waals surface area contributed by atoms with E-state index in [0.717, 1.165) is 38.0 Å². The van der Waals surface area contributed by atoms with Gasteiger partial charge in [-0.15, -0.1) is 0 Å². The minimum atomic E-state index is -3.61. The van der Waals surface area contributed by atoms with Crippen molar-refractivity contribution < 1.29 is 27.9 Å². The highest BCUT2D eigenvalue weighted by Crippen LogP contribution is 2.22.